The topological polar surface area (TPSA) is 66.6 Å². The molecule has 1 aromatic carbocycles. The Bertz CT molecular complexity index is 459. The Morgan fingerprint density at radius 2 is 2.22 bits per heavy atom. The van der Waals surface area contributed by atoms with Gasteiger partial charge in [-0.05, 0) is 43.0 Å². The van der Waals surface area contributed by atoms with Crippen LogP contribution in [0, 0.1) is 12.8 Å². The Hall–Kier alpha value is -1.55. The molecule has 0 saturated carbocycles. The van der Waals surface area contributed by atoms with Crippen LogP contribution in [0.15, 0.2) is 18.2 Å². The number of aliphatic hydroxyl groups is 1. The smallest absolute Gasteiger partial charge is 0.254 e. The second-order valence-corrected chi connectivity index (χ2v) is 5.16. The molecule has 98 valence electrons. The van der Waals surface area contributed by atoms with Crippen LogP contribution in [-0.2, 0) is 0 Å². The third kappa shape index (κ3) is 2.48. The van der Waals surface area contributed by atoms with Crippen molar-refractivity contribution in [3.8, 4) is 0 Å². The Kier molecular flexibility index (Phi) is 3.57. The van der Waals surface area contributed by atoms with Gasteiger partial charge in [-0.25, -0.2) is 0 Å². The number of aliphatic hydroxyl groups excluding tert-OH is 1. The second kappa shape index (κ2) is 4.98. The maximum Gasteiger partial charge on any atom is 0.254 e. The Morgan fingerprint density at radius 3 is 2.83 bits per heavy atom. The van der Waals surface area contributed by atoms with Crippen molar-refractivity contribution in [1.82, 2.24) is 4.90 Å². The van der Waals surface area contributed by atoms with E-state index in [1.807, 2.05) is 13.8 Å². The first-order chi connectivity index (χ1) is 8.49. The van der Waals surface area contributed by atoms with Gasteiger partial charge in [0, 0.05) is 24.3 Å². The summed E-state index contributed by atoms with van der Waals surface area (Å²) in [5.41, 5.74) is 7.90. The van der Waals surface area contributed by atoms with Gasteiger partial charge < -0.3 is 15.7 Å². The zero-order valence-corrected chi connectivity index (χ0v) is 10.9. The molecule has 1 aromatic rings. The summed E-state index contributed by atoms with van der Waals surface area (Å²) >= 11 is 0. The molecule has 1 aliphatic heterocycles. The SMILES string of the molecule is Cc1cc(N)ccc1C(=O)N1CCC(C)C(O)C1. The van der Waals surface area contributed by atoms with Crippen LogP contribution in [0.1, 0.15) is 29.3 Å². The van der Waals surface area contributed by atoms with Crippen molar-refractivity contribution < 1.29 is 9.90 Å². The van der Waals surface area contributed by atoms with E-state index in [0.29, 0.717) is 24.3 Å². The number of amides is 1. The zero-order chi connectivity index (χ0) is 13.3. The van der Waals surface area contributed by atoms with Gasteiger partial charge in [0.15, 0.2) is 0 Å². The van der Waals surface area contributed by atoms with Gasteiger partial charge in [-0.3, -0.25) is 4.79 Å². The van der Waals surface area contributed by atoms with E-state index < -0.39 is 6.10 Å². The van der Waals surface area contributed by atoms with Crippen LogP contribution < -0.4 is 5.73 Å². The third-order valence-corrected chi connectivity index (χ3v) is 3.69. The van der Waals surface area contributed by atoms with Crippen LogP contribution in [-0.4, -0.2) is 35.1 Å². The van der Waals surface area contributed by atoms with E-state index in [1.54, 1.807) is 23.1 Å². The number of carbonyl (C=O) groups excluding carboxylic acids is 1. The standard InChI is InChI=1S/C14H20N2O2/c1-9-5-6-16(8-13(9)17)14(18)12-4-3-11(15)7-10(12)2/h3-4,7,9,13,17H,5-6,8,15H2,1-2H3. The molecule has 0 radical (unpaired) electrons. The van der Waals surface area contributed by atoms with E-state index in [0.717, 1.165) is 12.0 Å². The summed E-state index contributed by atoms with van der Waals surface area (Å²) in [6.45, 7) is 5.03. The minimum Gasteiger partial charge on any atom is -0.399 e. The van der Waals surface area contributed by atoms with Crippen molar-refractivity contribution in [2.45, 2.75) is 26.4 Å². The van der Waals surface area contributed by atoms with Crippen LogP contribution in [0.2, 0.25) is 0 Å². The van der Waals surface area contributed by atoms with Gasteiger partial charge in [-0.15, -0.1) is 0 Å². The Morgan fingerprint density at radius 1 is 1.50 bits per heavy atom. The molecule has 0 aliphatic carbocycles. The lowest BCUT2D eigenvalue weighted by Gasteiger charge is -2.34. The number of anilines is 1. The van der Waals surface area contributed by atoms with Crippen molar-refractivity contribution in [1.29, 1.82) is 0 Å². The molecule has 3 N–H and O–H groups in total. The number of hydrogen-bond donors (Lipinski definition) is 2. The summed E-state index contributed by atoms with van der Waals surface area (Å²) < 4.78 is 0. The summed E-state index contributed by atoms with van der Waals surface area (Å²) in [7, 11) is 0. The number of benzene rings is 1. The van der Waals surface area contributed by atoms with Gasteiger partial charge in [-0.1, -0.05) is 6.92 Å². The van der Waals surface area contributed by atoms with Crippen molar-refractivity contribution in [3.05, 3.63) is 29.3 Å². The maximum absolute atomic E-state index is 12.4. The van der Waals surface area contributed by atoms with E-state index in [9.17, 15) is 9.90 Å². The largest absolute Gasteiger partial charge is 0.399 e. The van der Waals surface area contributed by atoms with Crippen LogP contribution in [0.3, 0.4) is 0 Å². The monoisotopic (exact) mass is 248 g/mol. The third-order valence-electron chi connectivity index (χ3n) is 3.69. The minimum absolute atomic E-state index is 0.0153. The normalized spacial score (nSPS) is 24.1. The molecular formula is C14H20N2O2. The summed E-state index contributed by atoms with van der Waals surface area (Å²) in [5, 5.41) is 9.84. The number of rotatable bonds is 1. The number of nitrogens with zero attached hydrogens (tertiary/aromatic N) is 1. The number of aryl methyl sites for hydroxylation is 1. The molecule has 1 saturated heterocycles. The van der Waals surface area contributed by atoms with E-state index in [-0.39, 0.29) is 11.8 Å². The van der Waals surface area contributed by atoms with Gasteiger partial charge in [-0.2, -0.15) is 0 Å². The van der Waals surface area contributed by atoms with E-state index >= 15 is 0 Å². The fourth-order valence-corrected chi connectivity index (χ4v) is 2.33. The number of hydrogen-bond acceptors (Lipinski definition) is 3. The Balaban J connectivity index is 2.16. The molecule has 2 unspecified atom stereocenters. The highest BCUT2D eigenvalue weighted by Gasteiger charge is 2.28. The molecule has 0 bridgehead atoms. The van der Waals surface area contributed by atoms with Crippen molar-refractivity contribution in [2.75, 3.05) is 18.8 Å². The number of likely N-dealkylation sites (tertiary alicyclic amines) is 1. The highest BCUT2D eigenvalue weighted by atomic mass is 16.3. The first kappa shape index (κ1) is 12.9. The molecule has 1 amide bonds. The van der Waals surface area contributed by atoms with Crippen molar-refractivity contribution in [3.63, 3.8) is 0 Å². The molecule has 4 heteroatoms. The van der Waals surface area contributed by atoms with Gasteiger partial charge >= 0.3 is 0 Å². The minimum atomic E-state index is -0.420. The average Bonchev–Trinajstić information content (AvgIpc) is 2.32. The van der Waals surface area contributed by atoms with Gasteiger partial charge in [0.2, 0.25) is 0 Å². The molecule has 1 aliphatic rings. The summed E-state index contributed by atoms with van der Waals surface area (Å²) in [6, 6.07) is 5.30. The lowest BCUT2D eigenvalue weighted by molar-refractivity contribution is 0.0248. The zero-order valence-electron chi connectivity index (χ0n) is 10.9. The predicted molar refractivity (Wildman–Crippen MR) is 71.3 cm³/mol. The van der Waals surface area contributed by atoms with Crippen molar-refractivity contribution >= 4 is 11.6 Å². The van der Waals surface area contributed by atoms with Gasteiger partial charge in [0.05, 0.1) is 6.10 Å². The average molecular weight is 248 g/mol. The molecule has 18 heavy (non-hydrogen) atoms. The Labute approximate surface area is 107 Å². The van der Waals surface area contributed by atoms with Crippen LogP contribution in [0.25, 0.3) is 0 Å². The van der Waals surface area contributed by atoms with E-state index in [2.05, 4.69) is 0 Å². The fourth-order valence-electron chi connectivity index (χ4n) is 2.33. The van der Waals surface area contributed by atoms with E-state index in [1.165, 1.54) is 0 Å². The predicted octanol–water partition coefficient (Wildman–Crippen LogP) is 1.42. The number of piperidine rings is 1. The lowest BCUT2D eigenvalue weighted by Crippen LogP contribution is -2.46. The first-order valence-corrected chi connectivity index (χ1v) is 6.32. The van der Waals surface area contributed by atoms with Gasteiger partial charge in [0.1, 0.15) is 0 Å². The molecule has 2 rings (SSSR count). The molecule has 2 atom stereocenters. The van der Waals surface area contributed by atoms with E-state index in [4.69, 9.17) is 5.73 Å². The second-order valence-electron chi connectivity index (χ2n) is 5.16. The van der Waals surface area contributed by atoms with Crippen LogP contribution in [0.4, 0.5) is 5.69 Å². The molecule has 0 spiro atoms. The maximum atomic E-state index is 12.4. The van der Waals surface area contributed by atoms with Crippen molar-refractivity contribution in [2.24, 2.45) is 5.92 Å². The summed E-state index contributed by atoms with van der Waals surface area (Å²) in [6.07, 6.45) is 0.429. The van der Waals surface area contributed by atoms with Crippen LogP contribution >= 0.6 is 0 Å². The highest BCUT2D eigenvalue weighted by molar-refractivity contribution is 5.96. The lowest BCUT2D eigenvalue weighted by atomic mass is 9.95. The molecule has 1 fully saturated rings. The summed E-state index contributed by atoms with van der Waals surface area (Å²) in [5.74, 6) is 0.250. The highest BCUT2D eigenvalue weighted by Crippen LogP contribution is 2.21. The van der Waals surface area contributed by atoms with Gasteiger partial charge in [0.25, 0.3) is 5.91 Å². The number of nitrogen functional groups attached to an aromatic ring is 1. The molecule has 4 nitrogen and oxygen atoms in total. The quantitative estimate of drug-likeness (QED) is 0.739. The molecule has 0 aromatic heterocycles. The molecular weight excluding hydrogens is 228 g/mol. The summed E-state index contributed by atoms with van der Waals surface area (Å²) in [4.78, 5) is 14.1. The first-order valence-electron chi connectivity index (χ1n) is 6.32. The fraction of sp³-hybridized carbons (Fsp3) is 0.500. The number of nitrogens with two attached hydrogens (primary N) is 1. The number of β-amino-alcohol motifs (C(OH)–C–C–N with tert-alkyl or cyclic N) is 1. The number of carbonyl (C=O) groups is 1. The van der Waals surface area contributed by atoms with Crippen LogP contribution in [0.5, 0.6) is 0 Å². The molecule has 1 heterocycles.